The summed E-state index contributed by atoms with van der Waals surface area (Å²) in [5.41, 5.74) is 1.48. The molecule has 25 heavy (non-hydrogen) atoms. The zero-order chi connectivity index (χ0) is 17.4. The molecule has 1 aliphatic carbocycles. The molecular formula is C18H21BrN6. The predicted octanol–water partition coefficient (Wildman–Crippen LogP) is 3.71. The van der Waals surface area contributed by atoms with E-state index in [1.54, 1.807) is 6.33 Å². The third-order valence-corrected chi connectivity index (χ3v) is 6.69. The standard InChI is InChI=1S/C18H21BrN6/c1-18(15-13-7-9-21-16(13)23-11-22-15)10-25(24-17(18)19)14(6-8-20)12-4-2-3-5-12/h7,9,11-12,14H,2-6,10H2,1H3,(H,21,22,23). The second-order valence-electron chi connectivity index (χ2n) is 7.26. The molecule has 1 aliphatic heterocycles. The van der Waals surface area contributed by atoms with Crippen LogP contribution in [0.25, 0.3) is 11.0 Å². The zero-order valence-electron chi connectivity index (χ0n) is 14.2. The van der Waals surface area contributed by atoms with Gasteiger partial charge < -0.3 is 4.98 Å². The summed E-state index contributed by atoms with van der Waals surface area (Å²) in [5.74, 6) is 0.559. The smallest absolute Gasteiger partial charge is 0.140 e. The summed E-state index contributed by atoms with van der Waals surface area (Å²) in [4.78, 5) is 12.0. The molecule has 0 radical (unpaired) electrons. The third kappa shape index (κ3) is 2.73. The van der Waals surface area contributed by atoms with Crippen LogP contribution in [-0.4, -0.2) is 37.2 Å². The van der Waals surface area contributed by atoms with Crippen LogP contribution in [0.3, 0.4) is 0 Å². The van der Waals surface area contributed by atoms with Crippen molar-refractivity contribution < 1.29 is 0 Å². The molecule has 1 N–H and O–H groups in total. The molecule has 130 valence electrons. The Bertz CT molecular complexity index is 847. The van der Waals surface area contributed by atoms with Crippen molar-refractivity contribution in [2.75, 3.05) is 6.54 Å². The molecule has 6 nitrogen and oxygen atoms in total. The van der Waals surface area contributed by atoms with Crippen LogP contribution in [0.15, 0.2) is 23.7 Å². The SMILES string of the molecule is CC1(c2ncnc3[nH]ccc23)CN(C(CC#N)C2CCCC2)N=C1Br. The van der Waals surface area contributed by atoms with E-state index in [-0.39, 0.29) is 11.5 Å². The molecule has 7 heteroatoms. The minimum atomic E-state index is -0.338. The average Bonchev–Trinajstić information content (AvgIpc) is 3.33. The molecule has 2 atom stereocenters. The minimum Gasteiger partial charge on any atom is -0.346 e. The summed E-state index contributed by atoms with van der Waals surface area (Å²) < 4.78 is 0.877. The topological polar surface area (TPSA) is 81.0 Å². The van der Waals surface area contributed by atoms with Gasteiger partial charge in [0.05, 0.1) is 36.2 Å². The number of aromatic amines is 1. The van der Waals surface area contributed by atoms with Crippen molar-refractivity contribution in [3.63, 3.8) is 0 Å². The van der Waals surface area contributed by atoms with Gasteiger partial charge in [-0.15, -0.1) is 0 Å². The first-order valence-electron chi connectivity index (χ1n) is 8.80. The van der Waals surface area contributed by atoms with Crippen LogP contribution in [-0.2, 0) is 5.41 Å². The fraction of sp³-hybridized carbons (Fsp3) is 0.556. The van der Waals surface area contributed by atoms with Crippen LogP contribution in [0.2, 0.25) is 0 Å². The number of halogens is 1. The molecule has 0 spiro atoms. The van der Waals surface area contributed by atoms with Crippen molar-refractivity contribution in [2.45, 2.75) is 50.5 Å². The number of aromatic nitrogens is 3. The van der Waals surface area contributed by atoms with Crippen LogP contribution in [0, 0.1) is 17.2 Å². The second kappa shape index (κ2) is 6.41. The van der Waals surface area contributed by atoms with Gasteiger partial charge in [0, 0.05) is 11.6 Å². The van der Waals surface area contributed by atoms with E-state index >= 15 is 0 Å². The van der Waals surface area contributed by atoms with Gasteiger partial charge in [-0.2, -0.15) is 10.4 Å². The van der Waals surface area contributed by atoms with Crippen molar-refractivity contribution in [1.82, 2.24) is 20.0 Å². The highest BCUT2D eigenvalue weighted by Gasteiger charge is 2.44. The van der Waals surface area contributed by atoms with E-state index in [4.69, 9.17) is 5.10 Å². The predicted molar refractivity (Wildman–Crippen MR) is 100 cm³/mol. The van der Waals surface area contributed by atoms with Crippen molar-refractivity contribution in [2.24, 2.45) is 11.0 Å². The average molecular weight is 401 g/mol. The summed E-state index contributed by atoms with van der Waals surface area (Å²) in [5, 5.41) is 17.3. The number of nitrogens with zero attached hydrogens (tertiary/aromatic N) is 5. The molecule has 0 saturated heterocycles. The molecule has 4 rings (SSSR count). The number of hydrogen-bond donors (Lipinski definition) is 1. The summed E-state index contributed by atoms with van der Waals surface area (Å²) >= 11 is 3.69. The van der Waals surface area contributed by atoms with Crippen molar-refractivity contribution in [3.8, 4) is 6.07 Å². The first-order valence-corrected chi connectivity index (χ1v) is 9.59. The fourth-order valence-corrected chi connectivity index (χ4v) is 4.79. The Hall–Kier alpha value is -1.94. The summed E-state index contributed by atoms with van der Waals surface area (Å²) in [7, 11) is 0. The van der Waals surface area contributed by atoms with E-state index in [9.17, 15) is 5.26 Å². The van der Waals surface area contributed by atoms with E-state index in [0.717, 1.165) is 27.9 Å². The molecular weight excluding hydrogens is 380 g/mol. The van der Waals surface area contributed by atoms with Crippen molar-refractivity contribution in [1.29, 1.82) is 5.26 Å². The van der Waals surface area contributed by atoms with Crippen molar-refractivity contribution in [3.05, 3.63) is 24.3 Å². The van der Waals surface area contributed by atoms with Gasteiger partial charge in [0.1, 0.15) is 16.6 Å². The first kappa shape index (κ1) is 16.5. The van der Waals surface area contributed by atoms with Gasteiger partial charge in [-0.1, -0.05) is 12.8 Å². The number of H-pyrrole nitrogens is 1. The number of nitrogens with one attached hydrogen (secondary N) is 1. The Morgan fingerprint density at radius 3 is 3.00 bits per heavy atom. The minimum absolute atomic E-state index is 0.186. The van der Waals surface area contributed by atoms with Gasteiger partial charge in [-0.25, -0.2) is 9.97 Å². The Labute approximate surface area is 155 Å². The number of rotatable bonds is 4. The van der Waals surface area contributed by atoms with Crippen LogP contribution < -0.4 is 0 Å². The summed E-state index contributed by atoms with van der Waals surface area (Å²) in [6.45, 7) is 2.89. The second-order valence-corrected chi connectivity index (χ2v) is 8.01. The largest absolute Gasteiger partial charge is 0.346 e. The Balaban J connectivity index is 1.68. The van der Waals surface area contributed by atoms with Crippen molar-refractivity contribution >= 4 is 31.6 Å². The third-order valence-electron chi connectivity index (χ3n) is 5.65. The van der Waals surface area contributed by atoms with Crippen LogP contribution >= 0.6 is 15.9 Å². The fourth-order valence-electron chi connectivity index (χ4n) is 4.27. The van der Waals surface area contributed by atoms with E-state index in [1.165, 1.54) is 25.7 Å². The molecule has 2 aromatic heterocycles. The molecule has 2 unspecified atom stereocenters. The molecule has 0 bridgehead atoms. The van der Waals surface area contributed by atoms with E-state index < -0.39 is 0 Å². The highest BCUT2D eigenvalue weighted by molar-refractivity contribution is 9.18. The molecule has 2 aromatic rings. The molecule has 1 saturated carbocycles. The molecule has 0 amide bonds. The quantitative estimate of drug-likeness (QED) is 0.847. The Morgan fingerprint density at radius 2 is 2.24 bits per heavy atom. The maximum absolute atomic E-state index is 9.32. The molecule has 1 fully saturated rings. The number of hydrazone groups is 1. The van der Waals surface area contributed by atoms with E-state index in [1.807, 2.05) is 12.3 Å². The highest BCUT2D eigenvalue weighted by atomic mass is 79.9. The molecule has 2 aliphatic rings. The number of hydrogen-bond acceptors (Lipinski definition) is 5. The van der Waals surface area contributed by atoms with Crippen LogP contribution in [0.5, 0.6) is 0 Å². The number of fused-ring (bicyclic) bond motifs is 1. The normalized spacial score (nSPS) is 25.3. The highest BCUT2D eigenvalue weighted by Crippen LogP contribution is 2.40. The maximum Gasteiger partial charge on any atom is 0.140 e. The van der Waals surface area contributed by atoms with Gasteiger partial charge in [-0.3, -0.25) is 5.01 Å². The lowest BCUT2D eigenvalue weighted by molar-refractivity contribution is 0.151. The monoisotopic (exact) mass is 400 g/mol. The van der Waals surface area contributed by atoms with Gasteiger partial charge in [0.2, 0.25) is 0 Å². The lowest BCUT2D eigenvalue weighted by atomic mass is 9.85. The van der Waals surface area contributed by atoms with E-state index in [2.05, 4.69) is 48.9 Å². The lowest BCUT2D eigenvalue weighted by Crippen LogP contribution is -2.41. The Kier molecular flexibility index (Phi) is 4.24. The first-order chi connectivity index (χ1) is 12.1. The maximum atomic E-state index is 9.32. The Morgan fingerprint density at radius 1 is 1.44 bits per heavy atom. The zero-order valence-corrected chi connectivity index (χ0v) is 15.8. The van der Waals surface area contributed by atoms with Gasteiger partial charge in [0.15, 0.2) is 0 Å². The van der Waals surface area contributed by atoms with Crippen LogP contribution in [0.4, 0.5) is 0 Å². The number of nitriles is 1. The van der Waals surface area contributed by atoms with E-state index in [0.29, 0.717) is 12.3 Å². The summed E-state index contributed by atoms with van der Waals surface area (Å²) in [6.07, 6.45) is 8.93. The van der Waals surface area contributed by atoms with Gasteiger partial charge >= 0.3 is 0 Å². The lowest BCUT2D eigenvalue weighted by Gasteiger charge is -2.32. The molecule has 3 heterocycles. The van der Waals surface area contributed by atoms with Crippen LogP contribution in [0.1, 0.15) is 44.7 Å². The molecule has 0 aromatic carbocycles. The van der Waals surface area contributed by atoms with Gasteiger partial charge in [0.25, 0.3) is 0 Å². The summed E-state index contributed by atoms with van der Waals surface area (Å²) in [6, 6.07) is 4.57. The van der Waals surface area contributed by atoms with Gasteiger partial charge in [-0.05, 0) is 47.7 Å².